The van der Waals surface area contributed by atoms with E-state index in [0.29, 0.717) is 5.75 Å². The van der Waals surface area contributed by atoms with Crippen LogP contribution in [-0.2, 0) is 9.53 Å². The van der Waals surface area contributed by atoms with Crippen molar-refractivity contribution in [2.45, 2.75) is 20.8 Å². The van der Waals surface area contributed by atoms with E-state index in [2.05, 4.69) is 4.74 Å². The van der Waals surface area contributed by atoms with Crippen LogP contribution in [0.1, 0.15) is 28.4 Å². The molecule has 4 heteroatoms. The third-order valence-electron chi connectivity index (χ3n) is 2.52. The minimum absolute atomic E-state index is 0.178. The molecule has 0 aliphatic heterocycles. The second-order valence-corrected chi connectivity index (χ2v) is 3.69. The number of hydrogen-bond acceptors (Lipinski definition) is 4. The van der Waals surface area contributed by atoms with Gasteiger partial charge in [0.25, 0.3) is 5.78 Å². The number of rotatable bonds is 4. The number of hydrogen-bond donors (Lipinski definition) is 0. The van der Waals surface area contributed by atoms with Gasteiger partial charge < -0.3 is 9.47 Å². The van der Waals surface area contributed by atoms with Gasteiger partial charge in [0.1, 0.15) is 5.75 Å². The van der Waals surface area contributed by atoms with E-state index in [1.165, 1.54) is 7.11 Å². The number of methoxy groups -OCH3 is 1. The number of carbonyl (C=O) groups is 2. The van der Waals surface area contributed by atoms with Crippen molar-refractivity contribution in [1.29, 1.82) is 0 Å². The van der Waals surface area contributed by atoms with Crippen molar-refractivity contribution in [1.82, 2.24) is 0 Å². The van der Waals surface area contributed by atoms with E-state index < -0.39 is 11.8 Å². The molecule has 0 bridgehead atoms. The van der Waals surface area contributed by atoms with Gasteiger partial charge in [-0.1, -0.05) is 0 Å². The third kappa shape index (κ3) is 2.84. The van der Waals surface area contributed by atoms with Crippen molar-refractivity contribution in [2.75, 3.05) is 13.7 Å². The van der Waals surface area contributed by atoms with Gasteiger partial charge in [-0.05, 0) is 44.0 Å². The van der Waals surface area contributed by atoms with Crippen molar-refractivity contribution in [2.24, 2.45) is 0 Å². The summed E-state index contributed by atoms with van der Waals surface area (Å²) in [5.74, 6) is -1.13. The minimum atomic E-state index is -0.853. The molecule has 0 aliphatic carbocycles. The zero-order valence-electron chi connectivity index (χ0n) is 10.5. The van der Waals surface area contributed by atoms with Gasteiger partial charge in [-0.2, -0.15) is 0 Å². The van der Waals surface area contributed by atoms with Gasteiger partial charge in [-0.15, -0.1) is 0 Å². The number of benzene rings is 1. The Bertz CT molecular complexity index is 449. The van der Waals surface area contributed by atoms with Gasteiger partial charge in [0.2, 0.25) is 0 Å². The summed E-state index contributed by atoms with van der Waals surface area (Å²) in [5, 5.41) is 0. The lowest BCUT2D eigenvalue weighted by Crippen LogP contribution is -2.18. The van der Waals surface area contributed by atoms with Gasteiger partial charge >= 0.3 is 5.97 Å². The zero-order chi connectivity index (χ0) is 13.0. The van der Waals surface area contributed by atoms with Crippen LogP contribution in [0.2, 0.25) is 0 Å². The number of ether oxygens (including phenoxy) is 2. The largest absolute Gasteiger partial charge is 0.496 e. The molecule has 0 heterocycles. The molecule has 4 nitrogen and oxygen atoms in total. The monoisotopic (exact) mass is 236 g/mol. The number of esters is 1. The maximum Gasteiger partial charge on any atom is 0.379 e. The van der Waals surface area contributed by atoms with Gasteiger partial charge in [-0.25, -0.2) is 4.79 Å². The topological polar surface area (TPSA) is 52.6 Å². The van der Waals surface area contributed by atoms with Crippen LogP contribution in [-0.4, -0.2) is 25.5 Å². The summed E-state index contributed by atoms with van der Waals surface area (Å²) in [5.41, 5.74) is 2.18. The highest BCUT2D eigenvalue weighted by Crippen LogP contribution is 2.23. The SMILES string of the molecule is CCOC(=O)C(=O)c1cc(C)c(C)cc1OC. The fourth-order valence-electron chi connectivity index (χ4n) is 1.44. The molecule has 0 fully saturated rings. The van der Waals surface area contributed by atoms with E-state index in [1.807, 2.05) is 13.8 Å². The molecule has 0 radical (unpaired) electrons. The first-order valence-electron chi connectivity index (χ1n) is 5.38. The number of aryl methyl sites for hydroxylation is 2. The first-order valence-corrected chi connectivity index (χ1v) is 5.38. The Hall–Kier alpha value is -1.84. The number of Topliss-reactive ketones (excluding diaryl/α,β-unsaturated/α-hetero) is 1. The van der Waals surface area contributed by atoms with Crippen molar-refractivity contribution >= 4 is 11.8 Å². The van der Waals surface area contributed by atoms with Crippen LogP contribution < -0.4 is 4.74 Å². The third-order valence-corrected chi connectivity index (χ3v) is 2.52. The molecule has 1 aromatic rings. The highest BCUT2D eigenvalue weighted by Gasteiger charge is 2.22. The summed E-state index contributed by atoms with van der Waals surface area (Å²) in [7, 11) is 1.46. The molecule has 1 aromatic carbocycles. The normalized spacial score (nSPS) is 9.88. The van der Waals surface area contributed by atoms with Crippen LogP contribution in [0.5, 0.6) is 5.75 Å². The van der Waals surface area contributed by atoms with Gasteiger partial charge in [0.05, 0.1) is 19.3 Å². The second-order valence-electron chi connectivity index (χ2n) is 3.69. The van der Waals surface area contributed by atoms with E-state index in [1.54, 1.807) is 19.1 Å². The van der Waals surface area contributed by atoms with Crippen molar-refractivity contribution < 1.29 is 19.1 Å². The van der Waals surface area contributed by atoms with Crippen molar-refractivity contribution in [3.8, 4) is 5.75 Å². The molecule has 1 rings (SSSR count). The maximum atomic E-state index is 11.8. The summed E-state index contributed by atoms with van der Waals surface area (Å²) in [6, 6.07) is 3.38. The molecule has 0 unspecified atom stereocenters. The van der Waals surface area contributed by atoms with Crippen LogP contribution >= 0.6 is 0 Å². The summed E-state index contributed by atoms with van der Waals surface area (Å²) >= 11 is 0. The lowest BCUT2D eigenvalue weighted by Gasteiger charge is -2.10. The van der Waals surface area contributed by atoms with Gasteiger partial charge in [0, 0.05) is 0 Å². The molecule has 17 heavy (non-hydrogen) atoms. The lowest BCUT2D eigenvalue weighted by atomic mass is 10.0. The zero-order valence-corrected chi connectivity index (χ0v) is 10.5. The molecule has 0 aromatic heterocycles. The minimum Gasteiger partial charge on any atom is -0.496 e. The molecule has 0 saturated carbocycles. The van der Waals surface area contributed by atoms with Gasteiger partial charge in [0.15, 0.2) is 0 Å². The molecule has 0 aliphatic rings. The van der Waals surface area contributed by atoms with Crippen molar-refractivity contribution in [3.63, 3.8) is 0 Å². The quantitative estimate of drug-likeness (QED) is 0.456. The average Bonchev–Trinajstić information content (AvgIpc) is 2.31. The number of carbonyl (C=O) groups excluding carboxylic acids is 2. The standard InChI is InChI=1S/C13H16O4/c1-5-17-13(15)12(14)10-6-8(2)9(3)7-11(10)16-4/h6-7H,5H2,1-4H3. The first-order chi connectivity index (χ1) is 8.01. The van der Waals surface area contributed by atoms with Crippen LogP contribution in [0.3, 0.4) is 0 Å². The van der Waals surface area contributed by atoms with Gasteiger partial charge in [-0.3, -0.25) is 4.79 Å². The maximum absolute atomic E-state index is 11.8. The Balaban J connectivity index is 3.16. The first kappa shape index (κ1) is 13.2. The Morgan fingerprint density at radius 2 is 1.76 bits per heavy atom. The average molecular weight is 236 g/mol. The molecule has 92 valence electrons. The number of ketones is 1. The predicted molar refractivity (Wildman–Crippen MR) is 63.4 cm³/mol. The highest BCUT2D eigenvalue weighted by atomic mass is 16.5. The van der Waals surface area contributed by atoms with Crippen LogP contribution in [0.15, 0.2) is 12.1 Å². The van der Waals surface area contributed by atoms with E-state index in [9.17, 15) is 9.59 Å². The van der Waals surface area contributed by atoms with Crippen molar-refractivity contribution in [3.05, 3.63) is 28.8 Å². The molecule has 0 amide bonds. The second kappa shape index (κ2) is 5.48. The molecule has 0 N–H and O–H groups in total. The summed E-state index contributed by atoms with van der Waals surface area (Å²) < 4.78 is 9.79. The fraction of sp³-hybridized carbons (Fsp3) is 0.385. The molecule has 0 atom stereocenters. The summed E-state index contributed by atoms with van der Waals surface area (Å²) in [4.78, 5) is 23.2. The van der Waals surface area contributed by atoms with Crippen LogP contribution in [0.4, 0.5) is 0 Å². The highest BCUT2D eigenvalue weighted by molar-refractivity contribution is 6.41. The predicted octanol–water partition coefficient (Wildman–Crippen LogP) is 2.06. The molecule has 0 saturated heterocycles. The fourth-order valence-corrected chi connectivity index (χ4v) is 1.44. The Morgan fingerprint density at radius 1 is 1.18 bits per heavy atom. The van der Waals surface area contributed by atoms with E-state index in [0.717, 1.165) is 11.1 Å². The summed E-state index contributed by atoms with van der Waals surface area (Å²) in [6.45, 7) is 5.62. The summed E-state index contributed by atoms with van der Waals surface area (Å²) in [6.07, 6.45) is 0. The Labute approximate surface area is 101 Å². The van der Waals surface area contributed by atoms with Crippen LogP contribution in [0, 0.1) is 13.8 Å². The smallest absolute Gasteiger partial charge is 0.379 e. The molecular formula is C13H16O4. The molecule has 0 spiro atoms. The van der Waals surface area contributed by atoms with E-state index >= 15 is 0 Å². The van der Waals surface area contributed by atoms with Crippen LogP contribution in [0.25, 0.3) is 0 Å². The van der Waals surface area contributed by atoms with E-state index in [-0.39, 0.29) is 12.2 Å². The lowest BCUT2D eigenvalue weighted by molar-refractivity contribution is -0.137. The Morgan fingerprint density at radius 3 is 2.29 bits per heavy atom. The molecular weight excluding hydrogens is 220 g/mol. The van der Waals surface area contributed by atoms with E-state index in [4.69, 9.17) is 4.74 Å². The Kier molecular flexibility index (Phi) is 4.26.